The lowest BCUT2D eigenvalue weighted by molar-refractivity contribution is 0.205. The van der Waals surface area contributed by atoms with Gasteiger partial charge >= 0.3 is 0 Å². The molecule has 29 heavy (non-hydrogen) atoms. The predicted octanol–water partition coefficient (Wildman–Crippen LogP) is 4.30. The molecule has 2 aromatic carbocycles. The van der Waals surface area contributed by atoms with E-state index in [1.807, 2.05) is 6.07 Å². The molecule has 1 atom stereocenters. The number of nitrogens with zero attached hydrogens (tertiary/aromatic N) is 2. The highest BCUT2D eigenvalue weighted by atomic mass is 19.1. The molecule has 0 aliphatic carbocycles. The zero-order chi connectivity index (χ0) is 20.2. The van der Waals surface area contributed by atoms with E-state index in [2.05, 4.69) is 9.88 Å². The van der Waals surface area contributed by atoms with Gasteiger partial charge in [-0.3, -0.25) is 0 Å². The molecular formula is C22H20F2N2O3. The second-order valence-corrected chi connectivity index (χ2v) is 6.75. The molecule has 1 aliphatic heterocycles. The summed E-state index contributed by atoms with van der Waals surface area (Å²) in [6.07, 6.45) is 1.98. The Hall–Kier alpha value is -3.19. The van der Waals surface area contributed by atoms with Crippen LogP contribution in [-0.4, -0.2) is 29.3 Å². The molecule has 5 nitrogen and oxygen atoms in total. The third kappa shape index (κ3) is 4.30. The van der Waals surface area contributed by atoms with Gasteiger partial charge in [0.25, 0.3) is 5.88 Å². The standard InChI is InChI=1S/C22H20F2N2O3/c23-18-4-1-2-6-21(18)28-16-7-8-20(15(12-16)14-27)26-11-9-17(13-26)29-22-19(24)5-3-10-25-22/h1-8,10,12,17,27H,9,11,13-14H2. The summed E-state index contributed by atoms with van der Waals surface area (Å²) in [6, 6.07) is 14.2. The zero-order valence-corrected chi connectivity index (χ0v) is 15.6. The maximum Gasteiger partial charge on any atom is 0.250 e. The summed E-state index contributed by atoms with van der Waals surface area (Å²) in [5.41, 5.74) is 1.49. The van der Waals surface area contributed by atoms with E-state index in [1.165, 1.54) is 24.4 Å². The van der Waals surface area contributed by atoms with E-state index in [0.717, 1.165) is 5.69 Å². The molecular weight excluding hydrogens is 378 g/mol. The number of pyridine rings is 1. The van der Waals surface area contributed by atoms with Gasteiger partial charge in [0.05, 0.1) is 13.2 Å². The number of anilines is 1. The average molecular weight is 398 g/mol. The predicted molar refractivity (Wildman–Crippen MR) is 104 cm³/mol. The number of aliphatic hydroxyl groups is 1. The molecule has 0 radical (unpaired) electrons. The van der Waals surface area contributed by atoms with Crippen LogP contribution in [0, 0.1) is 11.6 Å². The van der Waals surface area contributed by atoms with Crippen molar-refractivity contribution in [1.82, 2.24) is 4.98 Å². The Balaban J connectivity index is 1.47. The molecule has 2 heterocycles. The maximum absolute atomic E-state index is 13.8. The fourth-order valence-electron chi connectivity index (χ4n) is 3.37. The molecule has 1 aliphatic rings. The van der Waals surface area contributed by atoms with E-state index in [9.17, 15) is 13.9 Å². The number of benzene rings is 2. The summed E-state index contributed by atoms with van der Waals surface area (Å²) in [5.74, 6) is -0.392. The molecule has 7 heteroatoms. The van der Waals surface area contributed by atoms with Gasteiger partial charge < -0.3 is 19.5 Å². The fraction of sp³-hybridized carbons (Fsp3) is 0.227. The summed E-state index contributed by atoms with van der Waals surface area (Å²) in [6.45, 7) is 1.04. The van der Waals surface area contributed by atoms with Crippen LogP contribution < -0.4 is 14.4 Å². The normalized spacial score (nSPS) is 16.1. The third-order valence-corrected chi connectivity index (χ3v) is 4.77. The molecule has 0 saturated carbocycles. The van der Waals surface area contributed by atoms with Crippen molar-refractivity contribution >= 4 is 5.69 Å². The van der Waals surface area contributed by atoms with Crippen molar-refractivity contribution in [3.63, 3.8) is 0 Å². The van der Waals surface area contributed by atoms with Crippen LogP contribution in [0.4, 0.5) is 14.5 Å². The number of aromatic nitrogens is 1. The zero-order valence-electron chi connectivity index (χ0n) is 15.6. The average Bonchev–Trinajstić information content (AvgIpc) is 3.19. The SMILES string of the molecule is OCc1cc(Oc2ccccc2F)ccc1N1CCC(Oc2ncccc2F)C1. The first kappa shape index (κ1) is 19.1. The highest BCUT2D eigenvalue weighted by Crippen LogP contribution is 2.32. The van der Waals surface area contributed by atoms with Crippen molar-refractivity contribution in [1.29, 1.82) is 0 Å². The number of rotatable bonds is 6. The highest BCUT2D eigenvalue weighted by molar-refractivity contribution is 5.57. The van der Waals surface area contributed by atoms with Crippen molar-refractivity contribution in [2.45, 2.75) is 19.1 Å². The van der Waals surface area contributed by atoms with Gasteiger partial charge in [0, 0.05) is 30.4 Å². The van der Waals surface area contributed by atoms with E-state index in [4.69, 9.17) is 9.47 Å². The lowest BCUT2D eigenvalue weighted by Crippen LogP contribution is -2.25. The quantitative estimate of drug-likeness (QED) is 0.671. The van der Waals surface area contributed by atoms with E-state index in [-0.39, 0.29) is 24.3 Å². The molecule has 0 amide bonds. The first-order chi connectivity index (χ1) is 14.1. The van der Waals surface area contributed by atoms with Gasteiger partial charge in [-0.15, -0.1) is 0 Å². The summed E-state index contributed by atoms with van der Waals surface area (Å²) in [5, 5.41) is 9.81. The minimum absolute atomic E-state index is 0.00429. The lowest BCUT2D eigenvalue weighted by Gasteiger charge is -2.22. The third-order valence-electron chi connectivity index (χ3n) is 4.77. The second kappa shape index (κ2) is 8.45. The Morgan fingerprint density at radius 1 is 1.07 bits per heavy atom. The van der Waals surface area contributed by atoms with E-state index < -0.39 is 11.6 Å². The molecule has 1 fully saturated rings. The lowest BCUT2D eigenvalue weighted by atomic mass is 10.1. The Morgan fingerprint density at radius 3 is 2.69 bits per heavy atom. The molecule has 1 unspecified atom stereocenters. The molecule has 1 N–H and O–H groups in total. The van der Waals surface area contributed by atoms with Gasteiger partial charge in [-0.2, -0.15) is 0 Å². The molecule has 1 aromatic heterocycles. The highest BCUT2D eigenvalue weighted by Gasteiger charge is 2.27. The minimum Gasteiger partial charge on any atom is -0.470 e. The molecule has 0 bridgehead atoms. The Bertz CT molecular complexity index is 999. The van der Waals surface area contributed by atoms with Crippen LogP contribution in [-0.2, 0) is 6.61 Å². The van der Waals surface area contributed by atoms with Gasteiger partial charge in [0.1, 0.15) is 11.9 Å². The van der Waals surface area contributed by atoms with Crippen LogP contribution in [0.5, 0.6) is 17.4 Å². The largest absolute Gasteiger partial charge is 0.470 e. The van der Waals surface area contributed by atoms with Gasteiger partial charge in [-0.25, -0.2) is 13.8 Å². The van der Waals surface area contributed by atoms with Crippen LogP contribution in [0.15, 0.2) is 60.8 Å². The molecule has 150 valence electrons. The summed E-state index contributed by atoms with van der Waals surface area (Å²) in [7, 11) is 0. The monoisotopic (exact) mass is 398 g/mol. The van der Waals surface area contributed by atoms with Crippen LogP contribution in [0.2, 0.25) is 0 Å². The van der Waals surface area contributed by atoms with Crippen molar-refractivity contribution < 1.29 is 23.4 Å². The first-order valence-corrected chi connectivity index (χ1v) is 9.32. The number of ether oxygens (including phenoxy) is 2. The Morgan fingerprint density at radius 2 is 1.90 bits per heavy atom. The fourth-order valence-corrected chi connectivity index (χ4v) is 3.37. The van der Waals surface area contributed by atoms with Crippen LogP contribution in [0.25, 0.3) is 0 Å². The topological polar surface area (TPSA) is 54.8 Å². The summed E-state index contributed by atoms with van der Waals surface area (Å²) in [4.78, 5) is 5.99. The van der Waals surface area contributed by atoms with Crippen LogP contribution in [0.1, 0.15) is 12.0 Å². The summed E-state index contributed by atoms with van der Waals surface area (Å²) >= 11 is 0. The van der Waals surface area contributed by atoms with E-state index in [0.29, 0.717) is 30.8 Å². The Kier molecular flexibility index (Phi) is 5.57. The first-order valence-electron chi connectivity index (χ1n) is 9.32. The minimum atomic E-state index is -0.489. The molecule has 3 aromatic rings. The van der Waals surface area contributed by atoms with Gasteiger partial charge in [-0.05, 0) is 42.5 Å². The van der Waals surface area contributed by atoms with Crippen molar-refractivity contribution in [2.75, 3.05) is 18.0 Å². The van der Waals surface area contributed by atoms with E-state index >= 15 is 0 Å². The van der Waals surface area contributed by atoms with Crippen LogP contribution >= 0.6 is 0 Å². The van der Waals surface area contributed by atoms with Crippen molar-refractivity contribution in [3.8, 4) is 17.4 Å². The number of halogens is 2. The number of hydrogen-bond donors (Lipinski definition) is 1. The van der Waals surface area contributed by atoms with Gasteiger partial charge in [0.15, 0.2) is 17.4 Å². The number of hydrogen-bond acceptors (Lipinski definition) is 5. The molecule has 0 spiro atoms. The van der Waals surface area contributed by atoms with Crippen molar-refractivity contribution in [3.05, 3.63) is 78.0 Å². The second-order valence-electron chi connectivity index (χ2n) is 6.75. The Labute approximate surface area is 167 Å². The van der Waals surface area contributed by atoms with Gasteiger partial charge in [0.2, 0.25) is 0 Å². The molecule has 4 rings (SSSR count). The van der Waals surface area contributed by atoms with Crippen molar-refractivity contribution in [2.24, 2.45) is 0 Å². The summed E-state index contributed by atoms with van der Waals surface area (Å²) < 4.78 is 38.9. The molecule has 1 saturated heterocycles. The number of aliphatic hydroxyl groups excluding tert-OH is 1. The van der Waals surface area contributed by atoms with E-state index in [1.54, 1.807) is 30.3 Å². The number of para-hydroxylation sites is 1. The van der Waals surface area contributed by atoms with Crippen LogP contribution in [0.3, 0.4) is 0 Å². The smallest absolute Gasteiger partial charge is 0.250 e. The maximum atomic E-state index is 13.8. The van der Waals surface area contributed by atoms with Gasteiger partial charge in [-0.1, -0.05) is 12.1 Å².